The van der Waals surface area contributed by atoms with Crippen LogP contribution in [0, 0.1) is 0 Å². The van der Waals surface area contributed by atoms with Crippen LogP contribution in [0.2, 0.25) is 0 Å². The highest BCUT2D eigenvalue weighted by Gasteiger charge is 2.32. The first-order valence-corrected chi connectivity index (χ1v) is 12.1. The molecule has 1 amide bonds. The smallest absolute Gasteiger partial charge is 0.325 e. The molecule has 0 bridgehead atoms. The third-order valence-electron chi connectivity index (χ3n) is 6.72. The number of hydrogen-bond acceptors (Lipinski definition) is 5. The lowest BCUT2D eigenvalue weighted by molar-refractivity contribution is -0.144. The summed E-state index contributed by atoms with van der Waals surface area (Å²) in [7, 11) is 0. The van der Waals surface area contributed by atoms with Crippen LogP contribution in [0.5, 0.6) is 0 Å². The van der Waals surface area contributed by atoms with E-state index in [0.29, 0.717) is 29.9 Å². The molecule has 1 fully saturated rings. The van der Waals surface area contributed by atoms with Gasteiger partial charge in [0.05, 0.1) is 0 Å². The molecule has 3 heterocycles. The van der Waals surface area contributed by atoms with E-state index in [4.69, 9.17) is 0 Å². The second kappa shape index (κ2) is 10.7. The average molecular weight is 484 g/mol. The van der Waals surface area contributed by atoms with Crippen LogP contribution in [0.15, 0.2) is 79.1 Å². The van der Waals surface area contributed by atoms with Crippen molar-refractivity contribution < 1.29 is 14.7 Å². The van der Waals surface area contributed by atoms with Gasteiger partial charge in [-0.15, -0.1) is 0 Å². The van der Waals surface area contributed by atoms with Crippen molar-refractivity contribution in [2.24, 2.45) is 0 Å². The molecule has 1 aliphatic rings. The van der Waals surface area contributed by atoms with Gasteiger partial charge in [0.2, 0.25) is 0 Å². The topological polar surface area (TPSA) is 102 Å². The lowest BCUT2D eigenvalue weighted by Gasteiger charge is -2.37. The van der Waals surface area contributed by atoms with Gasteiger partial charge in [0.25, 0.3) is 5.91 Å². The van der Waals surface area contributed by atoms with Gasteiger partial charge in [-0.05, 0) is 42.5 Å². The number of carbonyl (C=O) groups is 2. The molecule has 0 spiro atoms. The second-order valence-electron chi connectivity index (χ2n) is 9.01. The first-order chi connectivity index (χ1) is 17.6. The summed E-state index contributed by atoms with van der Waals surface area (Å²) in [5.74, 6) is -1.08. The zero-order chi connectivity index (χ0) is 24.9. The maximum atomic E-state index is 12.6. The minimum Gasteiger partial charge on any atom is -0.480 e. The summed E-state index contributed by atoms with van der Waals surface area (Å²) in [5, 5.41) is 13.9. The lowest BCUT2D eigenvalue weighted by Crippen LogP contribution is -2.49. The fraction of sp³-hybridized carbons (Fsp3) is 0.250. The average Bonchev–Trinajstić information content (AvgIpc) is 3.32. The van der Waals surface area contributed by atoms with Crippen molar-refractivity contribution in [1.29, 1.82) is 0 Å². The number of pyridine rings is 1. The summed E-state index contributed by atoms with van der Waals surface area (Å²) in [6.07, 6.45) is 4.47. The summed E-state index contributed by atoms with van der Waals surface area (Å²) in [6, 6.07) is 19.7. The maximum absolute atomic E-state index is 12.6. The number of piperazine rings is 1. The van der Waals surface area contributed by atoms with E-state index in [2.05, 4.69) is 20.2 Å². The molecule has 8 nitrogen and oxygen atoms in total. The molecule has 0 aliphatic carbocycles. The number of hydrogen-bond donors (Lipinski definition) is 3. The highest BCUT2D eigenvalue weighted by molar-refractivity contribution is 6.05. The third-order valence-corrected chi connectivity index (χ3v) is 6.72. The SMILES string of the molecule is O=C(Nc1ccc2[nH]cc(C(C(=O)O)N3CCN(CCc4ccccn4)CC3)c2c1)c1ccccc1. The van der Waals surface area contributed by atoms with Gasteiger partial charge in [0.1, 0.15) is 6.04 Å². The Morgan fingerprint density at radius 3 is 2.50 bits per heavy atom. The Morgan fingerprint density at radius 1 is 1.00 bits per heavy atom. The van der Waals surface area contributed by atoms with Gasteiger partial charge in [-0.25, -0.2) is 0 Å². The number of aromatic nitrogens is 2. The number of H-pyrrole nitrogens is 1. The minimum atomic E-state index is -0.878. The van der Waals surface area contributed by atoms with Crippen molar-refractivity contribution in [3.63, 3.8) is 0 Å². The maximum Gasteiger partial charge on any atom is 0.325 e. The van der Waals surface area contributed by atoms with Gasteiger partial charge < -0.3 is 20.3 Å². The van der Waals surface area contributed by atoms with Crippen LogP contribution >= 0.6 is 0 Å². The van der Waals surface area contributed by atoms with E-state index in [9.17, 15) is 14.7 Å². The third kappa shape index (κ3) is 5.30. The second-order valence-corrected chi connectivity index (χ2v) is 9.01. The number of aromatic amines is 1. The minimum absolute atomic E-state index is 0.205. The monoisotopic (exact) mass is 483 g/mol. The zero-order valence-electron chi connectivity index (χ0n) is 19.9. The van der Waals surface area contributed by atoms with E-state index in [0.717, 1.165) is 42.7 Å². The van der Waals surface area contributed by atoms with Gasteiger partial charge in [-0.1, -0.05) is 24.3 Å². The van der Waals surface area contributed by atoms with E-state index in [1.54, 1.807) is 18.3 Å². The Bertz CT molecular complexity index is 1330. The number of carboxylic acid groups (broad SMARTS) is 1. The van der Waals surface area contributed by atoms with Crippen molar-refractivity contribution in [1.82, 2.24) is 19.8 Å². The predicted molar refractivity (Wildman–Crippen MR) is 139 cm³/mol. The van der Waals surface area contributed by atoms with Crippen molar-refractivity contribution in [3.8, 4) is 0 Å². The normalized spacial score (nSPS) is 15.6. The molecule has 1 saturated heterocycles. The summed E-state index contributed by atoms with van der Waals surface area (Å²) < 4.78 is 0. The molecule has 2 aromatic carbocycles. The summed E-state index contributed by atoms with van der Waals surface area (Å²) >= 11 is 0. The van der Waals surface area contributed by atoms with E-state index >= 15 is 0 Å². The Hall–Kier alpha value is -4.01. The fourth-order valence-corrected chi connectivity index (χ4v) is 4.79. The van der Waals surface area contributed by atoms with Gasteiger partial charge in [-0.3, -0.25) is 19.5 Å². The lowest BCUT2D eigenvalue weighted by atomic mass is 10.0. The number of anilines is 1. The Labute approximate surface area is 209 Å². The number of benzene rings is 2. The van der Waals surface area contributed by atoms with E-state index < -0.39 is 12.0 Å². The molecule has 2 aromatic heterocycles. The molecule has 36 heavy (non-hydrogen) atoms. The number of carboxylic acids is 1. The largest absolute Gasteiger partial charge is 0.480 e. The Morgan fingerprint density at radius 2 is 1.78 bits per heavy atom. The number of carbonyl (C=O) groups excluding carboxylic acids is 1. The summed E-state index contributed by atoms with van der Waals surface area (Å²) in [4.78, 5) is 37.0. The van der Waals surface area contributed by atoms with Gasteiger partial charge in [0.15, 0.2) is 0 Å². The molecule has 184 valence electrons. The van der Waals surface area contributed by atoms with Gasteiger partial charge in [-0.2, -0.15) is 0 Å². The molecule has 4 aromatic rings. The van der Waals surface area contributed by atoms with E-state index in [1.165, 1.54) is 0 Å². The van der Waals surface area contributed by atoms with Crippen molar-refractivity contribution in [2.75, 3.05) is 38.0 Å². The van der Waals surface area contributed by atoms with Crippen LogP contribution in [-0.2, 0) is 11.2 Å². The number of nitrogens with zero attached hydrogens (tertiary/aromatic N) is 3. The zero-order valence-corrected chi connectivity index (χ0v) is 19.9. The molecular weight excluding hydrogens is 454 g/mol. The van der Waals surface area contributed by atoms with Crippen LogP contribution < -0.4 is 5.32 Å². The number of amides is 1. The summed E-state index contributed by atoms with van der Waals surface area (Å²) in [6.45, 7) is 3.83. The van der Waals surface area contributed by atoms with Gasteiger partial charge in [0, 0.05) is 84.9 Å². The van der Waals surface area contributed by atoms with Crippen LogP contribution in [0.4, 0.5) is 5.69 Å². The first kappa shape index (κ1) is 23.7. The molecule has 0 radical (unpaired) electrons. The van der Waals surface area contributed by atoms with E-state index in [-0.39, 0.29) is 5.91 Å². The molecule has 0 saturated carbocycles. The van der Waals surface area contributed by atoms with Crippen LogP contribution in [0.3, 0.4) is 0 Å². The molecule has 1 unspecified atom stereocenters. The van der Waals surface area contributed by atoms with Crippen molar-refractivity contribution in [3.05, 3.63) is 95.9 Å². The molecule has 5 rings (SSSR count). The van der Waals surface area contributed by atoms with Crippen LogP contribution in [-0.4, -0.2) is 69.5 Å². The Balaban J connectivity index is 1.29. The highest BCUT2D eigenvalue weighted by atomic mass is 16.4. The number of fused-ring (bicyclic) bond motifs is 1. The fourth-order valence-electron chi connectivity index (χ4n) is 4.79. The van der Waals surface area contributed by atoms with Crippen molar-refractivity contribution in [2.45, 2.75) is 12.5 Å². The molecule has 3 N–H and O–H groups in total. The van der Waals surface area contributed by atoms with Gasteiger partial charge >= 0.3 is 5.97 Å². The van der Waals surface area contributed by atoms with Crippen LogP contribution in [0.25, 0.3) is 10.9 Å². The van der Waals surface area contributed by atoms with E-state index in [1.807, 2.05) is 65.7 Å². The number of rotatable bonds is 8. The highest BCUT2D eigenvalue weighted by Crippen LogP contribution is 2.31. The van der Waals surface area contributed by atoms with Crippen LogP contribution in [0.1, 0.15) is 27.7 Å². The quantitative estimate of drug-likeness (QED) is 0.352. The molecular formula is C28H29N5O3. The standard InChI is InChI=1S/C28H29N5O3/c34-27(20-6-2-1-3-7-20)31-22-9-10-25-23(18-22)24(19-30-25)26(28(35)36)33-16-14-32(15-17-33)13-11-21-8-4-5-12-29-21/h1-10,12,18-19,26,30H,11,13-17H2,(H,31,34)(H,35,36). The number of nitrogens with one attached hydrogen (secondary N) is 2. The Kier molecular flexibility index (Phi) is 7.06. The predicted octanol–water partition coefficient (Wildman–Crippen LogP) is 3.80. The summed E-state index contributed by atoms with van der Waals surface area (Å²) in [5.41, 5.74) is 3.80. The molecule has 8 heteroatoms. The molecule has 1 atom stereocenters. The first-order valence-electron chi connectivity index (χ1n) is 12.1. The molecule has 1 aliphatic heterocycles. The van der Waals surface area contributed by atoms with Crippen molar-refractivity contribution >= 4 is 28.5 Å². The number of aliphatic carboxylic acids is 1.